The monoisotopic (exact) mass is 423 g/mol. The first kappa shape index (κ1) is 14.2. The Morgan fingerprint density at radius 3 is 3.00 bits per heavy atom. The number of nitrogens with one attached hydrogen (secondary N) is 2. The molecule has 0 saturated heterocycles. The summed E-state index contributed by atoms with van der Waals surface area (Å²) in [6, 6.07) is 7.88. The molecule has 4 rings (SSSR count). The van der Waals surface area contributed by atoms with Crippen molar-refractivity contribution in [1.29, 1.82) is 0 Å². The van der Waals surface area contributed by atoms with Gasteiger partial charge in [-0.15, -0.1) is 0 Å². The number of aromatic amines is 1. The Balaban J connectivity index is 1.60. The molecule has 1 unspecified atom stereocenters. The van der Waals surface area contributed by atoms with Crippen LogP contribution in [0.5, 0.6) is 0 Å². The largest absolute Gasteiger partial charge is 0.345 e. The van der Waals surface area contributed by atoms with E-state index in [1.165, 1.54) is 18.4 Å². The lowest BCUT2D eigenvalue weighted by Gasteiger charge is -2.17. The van der Waals surface area contributed by atoms with E-state index in [2.05, 4.69) is 54.9 Å². The van der Waals surface area contributed by atoms with Crippen LogP contribution in [0.2, 0.25) is 0 Å². The van der Waals surface area contributed by atoms with Crippen molar-refractivity contribution >= 4 is 50.7 Å². The third-order valence-corrected chi connectivity index (χ3v) is 5.58. The third-order valence-electron chi connectivity index (χ3n) is 4.05. The minimum absolute atomic E-state index is 0.0120. The Kier molecular flexibility index (Phi) is 3.65. The molecule has 1 fully saturated rings. The second-order valence-corrected chi connectivity index (χ2v) is 7.47. The zero-order valence-corrected chi connectivity index (χ0v) is 14.6. The van der Waals surface area contributed by atoms with Gasteiger partial charge in [0.05, 0.1) is 11.6 Å². The molecular formula is C16H14IN3OS. The van der Waals surface area contributed by atoms with E-state index < -0.39 is 0 Å². The summed E-state index contributed by atoms with van der Waals surface area (Å²) in [5.74, 6) is 0.568. The fourth-order valence-electron chi connectivity index (χ4n) is 2.70. The molecule has 22 heavy (non-hydrogen) atoms. The molecule has 1 aliphatic rings. The second-order valence-electron chi connectivity index (χ2n) is 5.61. The molecule has 0 bridgehead atoms. The number of amides is 1. The summed E-state index contributed by atoms with van der Waals surface area (Å²) in [5.41, 5.74) is 2.80. The Morgan fingerprint density at radius 1 is 1.41 bits per heavy atom. The van der Waals surface area contributed by atoms with Gasteiger partial charge in [0, 0.05) is 10.9 Å². The van der Waals surface area contributed by atoms with E-state index in [4.69, 9.17) is 0 Å². The highest BCUT2D eigenvalue weighted by molar-refractivity contribution is 14.1. The second kappa shape index (κ2) is 5.66. The van der Waals surface area contributed by atoms with Crippen LogP contribution in [0.15, 0.2) is 35.0 Å². The number of fused-ring (bicyclic) bond motifs is 1. The smallest absolute Gasteiger partial charge is 0.251 e. The molecule has 2 N–H and O–H groups in total. The van der Waals surface area contributed by atoms with Gasteiger partial charge in [0.25, 0.3) is 5.91 Å². The number of thiophene rings is 1. The van der Waals surface area contributed by atoms with Gasteiger partial charge in [0.1, 0.15) is 3.70 Å². The van der Waals surface area contributed by atoms with Crippen LogP contribution in [0.4, 0.5) is 0 Å². The Labute approximate surface area is 145 Å². The first-order chi connectivity index (χ1) is 10.7. The average molecular weight is 423 g/mol. The number of carbonyl (C=O) groups excluding carboxylic acids is 1. The fourth-order valence-corrected chi connectivity index (χ4v) is 3.95. The van der Waals surface area contributed by atoms with Crippen LogP contribution < -0.4 is 5.32 Å². The van der Waals surface area contributed by atoms with Crippen molar-refractivity contribution in [3.05, 3.63) is 49.9 Å². The third kappa shape index (κ3) is 2.65. The highest BCUT2D eigenvalue weighted by Crippen LogP contribution is 2.41. The van der Waals surface area contributed by atoms with Crippen LogP contribution in [-0.2, 0) is 0 Å². The number of hydrogen-bond acceptors (Lipinski definition) is 3. The zero-order chi connectivity index (χ0) is 15.1. The highest BCUT2D eigenvalue weighted by atomic mass is 127. The molecule has 0 aliphatic heterocycles. The predicted octanol–water partition coefficient (Wildman–Crippen LogP) is 4.11. The molecule has 1 aliphatic carbocycles. The lowest BCUT2D eigenvalue weighted by atomic mass is 10.0. The van der Waals surface area contributed by atoms with Gasteiger partial charge in [0.15, 0.2) is 0 Å². The summed E-state index contributed by atoms with van der Waals surface area (Å²) < 4.78 is 0.957. The maximum absolute atomic E-state index is 12.6. The van der Waals surface area contributed by atoms with Crippen molar-refractivity contribution in [1.82, 2.24) is 15.5 Å². The molecular weight excluding hydrogens is 409 g/mol. The fraction of sp³-hybridized carbons (Fsp3) is 0.250. The van der Waals surface area contributed by atoms with E-state index >= 15 is 0 Å². The van der Waals surface area contributed by atoms with E-state index in [1.807, 2.05) is 18.2 Å². The minimum atomic E-state index is -0.0120. The van der Waals surface area contributed by atoms with Crippen LogP contribution in [0.1, 0.15) is 34.8 Å². The number of aromatic nitrogens is 2. The molecule has 1 atom stereocenters. The van der Waals surface area contributed by atoms with E-state index in [0.717, 1.165) is 14.6 Å². The quantitative estimate of drug-likeness (QED) is 0.621. The lowest BCUT2D eigenvalue weighted by molar-refractivity contribution is 0.0932. The maximum atomic E-state index is 12.6. The van der Waals surface area contributed by atoms with Gasteiger partial charge in [0.2, 0.25) is 0 Å². The van der Waals surface area contributed by atoms with Gasteiger partial charge < -0.3 is 5.32 Å². The van der Waals surface area contributed by atoms with Crippen molar-refractivity contribution in [2.45, 2.75) is 18.9 Å². The minimum Gasteiger partial charge on any atom is -0.345 e. The van der Waals surface area contributed by atoms with Gasteiger partial charge >= 0.3 is 0 Å². The molecule has 0 spiro atoms. The van der Waals surface area contributed by atoms with Gasteiger partial charge in [-0.2, -0.15) is 16.4 Å². The Bertz CT molecular complexity index is 823. The topological polar surface area (TPSA) is 57.8 Å². The zero-order valence-electron chi connectivity index (χ0n) is 11.7. The molecule has 2 heterocycles. The van der Waals surface area contributed by atoms with Crippen molar-refractivity contribution in [2.75, 3.05) is 0 Å². The number of halogens is 1. The molecule has 1 amide bonds. The molecule has 6 heteroatoms. The van der Waals surface area contributed by atoms with Crippen LogP contribution in [-0.4, -0.2) is 16.1 Å². The first-order valence-corrected chi connectivity index (χ1v) is 9.21. The van der Waals surface area contributed by atoms with Gasteiger partial charge in [-0.3, -0.25) is 9.89 Å². The van der Waals surface area contributed by atoms with Crippen molar-refractivity contribution in [2.24, 2.45) is 5.92 Å². The molecule has 0 radical (unpaired) electrons. The number of H-pyrrole nitrogens is 1. The summed E-state index contributed by atoms with van der Waals surface area (Å²) in [6.07, 6.45) is 2.39. The molecule has 1 aromatic carbocycles. The first-order valence-electron chi connectivity index (χ1n) is 7.19. The van der Waals surface area contributed by atoms with Crippen molar-refractivity contribution in [3.63, 3.8) is 0 Å². The van der Waals surface area contributed by atoms with Crippen LogP contribution in [0.3, 0.4) is 0 Å². The van der Waals surface area contributed by atoms with E-state index in [1.54, 1.807) is 11.3 Å². The standard InChI is InChI=1S/C16H14IN3OS/c17-15-12-7-10(3-4-13(12)19-20-15)16(21)18-14(9-1-2-9)11-5-6-22-8-11/h3-9,14H,1-2H2,(H,18,21)(H,19,20). The SMILES string of the molecule is O=C(NC(c1ccsc1)C1CC1)c1ccc2n[nH]c(I)c2c1. The number of benzene rings is 1. The van der Waals surface area contributed by atoms with Crippen LogP contribution in [0.25, 0.3) is 10.9 Å². The highest BCUT2D eigenvalue weighted by Gasteiger charge is 2.33. The summed E-state index contributed by atoms with van der Waals surface area (Å²) >= 11 is 3.88. The van der Waals surface area contributed by atoms with Crippen LogP contribution in [0, 0.1) is 9.62 Å². The Hall–Kier alpha value is -1.41. The molecule has 1 saturated carbocycles. The van der Waals surface area contributed by atoms with Gasteiger partial charge in [-0.05, 0) is 81.9 Å². The number of rotatable bonds is 4. The average Bonchev–Trinajstić information content (AvgIpc) is 3.09. The van der Waals surface area contributed by atoms with E-state index in [9.17, 15) is 4.79 Å². The molecule has 112 valence electrons. The summed E-state index contributed by atoms with van der Waals surface area (Å²) in [4.78, 5) is 12.6. The molecule has 3 aromatic rings. The normalized spacial score (nSPS) is 15.9. The molecule has 2 aromatic heterocycles. The maximum Gasteiger partial charge on any atom is 0.251 e. The number of carbonyl (C=O) groups is 1. The number of nitrogens with zero attached hydrogens (tertiary/aromatic N) is 1. The summed E-state index contributed by atoms with van der Waals surface area (Å²) in [6.45, 7) is 0. The van der Waals surface area contributed by atoms with Gasteiger partial charge in [-0.25, -0.2) is 0 Å². The predicted molar refractivity (Wildman–Crippen MR) is 96.1 cm³/mol. The summed E-state index contributed by atoms with van der Waals surface area (Å²) in [7, 11) is 0. The van der Waals surface area contributed by atoms with Crippen LogP contribution >= 0.6 is 33.9 Å². The molecule has 4 nitrogen and oxygen atoms in total. The number of hydrogen-bond donors (Lipinski definition) is 2. The van der Waals surface area contributed by atoms with E-state index in [-0.39, 0.29) is 11.9 Å². The van der Waals surface area contributed by atoms with Crippen molar-refractivity contribution < 1.29 is 4.79 Å². The van der Waals surface area contributed by atoms with Gasteiger partial charge in [-0.1, -0.05) is 0 Å². The van der Waals surface area contributed by atoms with Crippen molar-refractivity contribution in [3.8, 4) is 0 Å². The Morgan fingerprint density at radius 2 is 2.27 bits per heavy atom. The van der Waals surface area contributed by atoms with E-state index in [0.29, 0.717) is 11.5 Å². The lowest BCUT2D eigenvalue weighted by Crippen LogP contribution is -2.29. The summed E-state index contributed by atoms with van der Waals surface area (Å²) in [5, 5.41) is 15.5.